The molecule has 5 nitrogen and oxygen atoms in total. The van der Waals surface area contributed by atoms with Crippen LogP contribution in [0.25, 0.3) is 10.9 Å². The Kier molecular flexibility index (Phi) is 4.91. The molecule has 0 unspecified atom stereocenters. The molecule has 6 heteroatoms. The van der Waals surface area contributed by atoms with E-state index in [1.165, 1.54) is 20.3 Å². The van der Waals surface area contributed by atoms with E-state index in [9.17, 15) is 9.18 Å². The Hall–Kier alpha value is -2.89. The number of aromatic amines is 1. The molecule has 0 amide bonds. The molecule has 0 spiro atoms. The number of carbonyl (C=O) groups excluding carboxylic acids is 1. The summed E-state index contributed by atoms with van der Waals surface area (Å²) in [6.45, 7) is 6.27. The molecule has 1 N–H and O–H groups in total. The van der Waals surface area contributed by atoms with E-state index in [-0.39, 0.29) is 16.9 Å². The van der Waals surface area contributed by atoms with Gasteiger partial charge in [0.2, 0.25) is 0 Å². The fraction of sp³-hybridized carbons (Fsp3) is 0.333. The Balaban J connectivity index is 2.15. The molecule has 1 aromatic carbocycles. The maximum absolute atomic E-state index is 14.3. The van der Waals surface area contributed by atoms with Crippen LogP contribution in [0.4, 0.5) is 4.39 Å². The van der Waals surface area contributed by atoms with Gasteiger partial charge in [-0.15, -0.1) is 0 Å². The Morgan fingerprint density at radius 3 is 2.59 bits per heavy atom. The molecule has 3 rings (SSSR count). The van der Waals surface area contributed by atoms with Gasteiger partial charge in [0.1, 0.15) is 5.69 Å². The van der Waals surface area contributed by atoms with Crippen LogP contribution in [0.2, 0.25) is 0 Å². The zero-order chi connectivity index (χ0) is 19.8. The van der Waals surface area contributed by atoms with Crippen molar-refractivity contribution in [2.45, 2.75) is 32.6 Å². The lowest BCUT2D eigenvalue weighted by Crippen LogP contribution is -2.15. The van der Waals surface area contributed by atoms with Gasteiger partial charge in [-0.25, -0.2) is 14.2 Å². The monoisotopic (exact) mass is 370 g/mol. The minimum Gasteiger partial charge on any atom is -0.494 e. The van der Waals surface area contributed by atoms with Gasteiger partial charge in [-0.05, 0) is 23.8 Å². The standard InChI is InChI=1S/C21H23FN2O3/c1-21(2,3)19-14(9-12-7-6-8-16(23-12)20(25)27-5)13-10-15(22)18(26-4)11-17(13)24-19/h6-8,10-11,24H,9H2,1-5H3. The van der Waals surface area contributed by atoms with Crippen LogP contribution in [0, 0.1) is 5.82 Å². The number of H-pyrrole nitrogens is 1. The summed E-state index contributed by atoms with van der Waals surface area (Å²) in [6, 6.07) is 8.38. The number of halogens is 1. The third-order valence-electron chi connectivity index (χ3n) is 4.49. The van der Waals surface area contributed by atoms with Crippen LogP contribution in [-0.2, 0) is 16.6 Å². The van der Waals surface area contributed by atoms with Gasteiger partial charge in [-0.2, -0.15) is 0 Å². The van der Waals surface area contributed by atoms with E-state index in [0.717, 1.165) is 22.2 Å². The third kappa shape index (κ3) is 3.65. The summed E-state index contributed by atoms with van der Waals surface area (Å²) >= 11 is 0. The smallest absolute Gasteiger partial charge is 0.356 e. The topological polar surface area (TPSA) is 64.2 Å². The number of nitrogens with one attached hydrogen (secondary N) is 1. The zero-order valence-corrected chi connectivity index (χ0v) is 16.1. The summed E-state index contributed by atoms with van der Waals surface area (Å²) < 4.78 is 24.2. The quantitative estimate of drug-likeness (QED) is 0.692. The SMILES string of the molecule is COC(=O)c1cccc(Cc2c(C(C)(C)C)[nH]c3cc(OC)c(F)cc23)n1. The van der Waals surface area contributed by atoms with Crippen LogP contribution in [0.5, 0.6) is 5.75 Å². The Labute approximate surface area is 157 Å². The van der Waals surface area contributed by atoms with Crippen LogP contribution in [-0.4, -0.2) is 30.2 Å². The van der Waals surface area contributed by atoms with Gasteiger partial charge < -0.3 is 14.5 Å². The molecular weight excluding hydrogens is 347 g/mol. The molecule has 0 aliphatic carbocycles. The minimum atomic E-state index is -0.484. The number of benzene rings is 1. The Morgan fingerprint density at radius 1 is 1.22 bits per heavy atom. The van der Waals surface area contributed by atoms with E-state index in [1.807, 2.05) is 6.07 Å². The lowest BCUT2D eigenvalue weighted by Gasteiger charge is -2.19. The van der Waals surface area contributed by atoms with Crippen LogP contribution < -0.4 is 4.74 Å². The van der Waals surface area contributed by atoms with Crippen molar-refractivity contribution >= 4 is 16.9 Å². The second-order valence-corrected chi connectivity index (χ2v) is 7.44. The number of fused-ring (bicyclic) bond motifs is 1. The minimum absolute atomic E-state index is 0.183. The number of ether oxygens (including phenoxy) is 2. The summed E-state index contributed by atoms with van der Waals surface area (Å²) in [5, 5.41) is 0.781. The highest BCUT2D eigenvalue weighted by atomic mass is 19.1. The first kappa shape index (κ1) is 18.9. The average molecular weight is 370 g/mol. The summed E-state index contributed by atoms with van der Waals surface area (Å²) in [4.78, 5) is 19.6. The molecule has 0 radical (unpaired) electrons. The van der Waals surface area contributed by atoms with E-state index >= 15 is 0 Å². The number of rotatable bonds is 4. The predicted octanol–water partition coefficient (Wildman–Crippen LogP) is 4.39. The van der Waals surface area contributed by atoms with E-state index in [4.69, 9.17) is 9.47 Å². The van der Waals surface area contributed by atoms with Crippen molar-refractivity contribution in [3.8, 4) is 5.75 Å². The zero-order valence-electron chi connectivity index (χ0n) is 16.1. The molecule has 27 heavy (non-hydrogen) atoms. The molecular formula is C21H23FN2O3. The molecule has 2 aromatic heterocycles. The highest BCUT2D eigenvalue weighted by Gasteiger charge is 2.24. The largest absolute Gasteiger partial charge is 0.494 e. The maximum Gasteiger partial charge on any atom is 0.356 e. The molecule has 0 atom stereocenters. The van der Waals surface area contributed by atoms with Crippen molar-refractivity contribution in [3.63, 3.8) is 0 Å². The molecule has 2 heterocycles. The van der Waals surface area contributed by atoms with Gasteiger partial charge in [0, 0.05) is 40.2 Å². The number of pyridine rings is 1. The van der Waals surface area contributed by atoms with Crippen molar-refractivity contribution in [2.75, 3.05) is 14.2 Å². The Bertz CT molecular complexity index is 1000. The van der Waals surface area contributed by atoms with Crippen LogP contribution in [0.3, 0.4) is 0 Å². The predicted molar refractivity (Wildman–Crippen MR) is 102 cm³/mol. The first-order valence-corrected chi connectivity index (χ1v) is 8.67. The number of nitrogens with zero attached hydrogens (tertiary/aromatic N) is 1. The van der Waals surface area contributed by atoms with E-state index in [1.54, 1.807) is 18.2 Å². The van der Waals surface area contributed by atoms with Crippen LogP contribution in [0.15, 0.2) is 30.3 Å². The van der Waals surface area contributed by atoms with Crippen LogP contribution in [0.1, 0.15) is 48.2 Å². The average Bonchev–Trinajstić information content (AvgIpc) is 2.98. The van der Waals surface area contributed by atoms with Crippen molar-refractivity contribution in [1.82, 2.24) is 9.97 Å². The fourth-order valence-corrected chi connectivity index (χ4v) is 3.21. The van der Waals surface area contributed by atoms with Gasteiger partial charge in [0.05, 0.1) is 14.2 Å². The number of carbonyl (C=O) groups is 1. The van der Waals surface area contributed by atoms with Crippen LogP contribution >= 0.6 is 0 Å². The van der Waals surface area contributed by atoms with E-state index in [2.05, 4.69) is 30.7 Å². The lowest BCUT2D eigenvalue weighted by molar-refractivity contribution is 0.0593. The van der Waals surface area contributed by atoms with E-state index < -0.39 is 11.8 Å². The Morgan fingerprint density at radius 2 is 1.96 bits per heavy atom. The number of hydrogen-bond acceptors (Lipinski definition) is 4. The third-order valence-corrected chi connectivity index (χ3v) is 4.49. The normalized spacial score (nSPS) is 11.6. The summed E-state index contributed by atoms with van der Waals surface area (Å²) in [7, 11) is 2.77. The summed E-state index contributed by atoms with van der Waals surface area (Å²) in [5.74, 6) is -0.703. The van der Waals surface area contributed by atoms with Crippen molar-refractivity contribution < 1.29 is 18.7 Å². The van der Waals surface area contributed by atoms with Crippen molar-refractivity contribution in [3.05, 3.63) is 58.8 Å². The highest BCUT2D eigenvalue weighted by molar-refractivity contribution is 5.88. The molecule has 0 aliphatic rings. The second-order valence-electron chi connectivity index (χ2n) is 7.44. The molecule has 3 aromatic rings. The maximum atomic E-state index is 14.3. The number of methoxy groups -OCH3 is 2. The van der Waals surface area contributed by atoms with Gasteiger partial charge in [0.25, 0.3) is 0 Å². The molecule has 142 valence electrons. The molecule has 0 fully saturated rings. The summed E-state index contributed by atoms with van der Waals surface area (Å²) in [5.41, 5.74) is 3.53. The molecule has 0 saturated heterocycles. The first-order chi connectivity index (χ1) is 12.7. The van der Waals surface area contributed by atoms with E-state index in [0.29, 0.717) is 12.1 Å². The van der Waals surface area contributed by atoms with Crippen molar-refractivity contribution in [1.29, 1.82) is 0 Å². The van der Waals surface area contributed by atoms with Gasteiger partial charge in [-0.3, -0.25) is 0 Å². The lowest BCUT2D eigenvalue weighted by atomic mass is 9.87. The second kappa shape index (κ2) is 7.02. The fourth-order valence-electron chi connectivity index (χ4n) is 3.21. The molecule has 0 saturated carbocycles. The first-order valence-electron chi connectivity index (χ1n) is 8.67. The highest BCUT2D eigenvalue weighted by Crippen LogP contribution is 2.35. The van der Waals surface area contributed by atoms with Gasteiger partial charge in [0.15, 0.2) is 11.6 Å². The number of aromatic nitrogens is 2. The summed E-state index contributed by atoms with van der Waals surface area (Å²) in [6.07, 6.45) is 0.462. The van der Waals surface area contributed by atoms with Crippen molar-refractivity contribution in [2.24, 2.45) is 0 Å². The number of hydrogen-bond donors (Lipinski definition) is 1. The number of esters is 1. The molecule has 0 bridgehead atoms. The van der Waals surface area contributed by atoms with Gasteiger partial charge in [-0.1, -0.05) is 26.8 Å². The molecule has 0 aliphatic heterocycles. The van der Waals surface area contributed by atoms with Gasteiger partial charge >= 0.3 is 5.97 Å².